The molecule has 0 aliphatic heterocycles. The van der Waals surface area contributed by atoms with Crippen LogP contribution in [0.2, 0.25) is 0 Å². The van der Waals surface area contributed by atoms with Gasteiger partial charge in [0.1, 0.15) is 0 Å². The summed E-state index contributed by atoms with van der Waals surface area (Å²) < 4.78 is 1.88. The summed E-state index contributed by atoms with van der Waals surface area (Å²) in [5.41, 5.74) is 5.97. The molecule has 1 fully saturated rings. The van der Waals surface area contributed by atoms with Crippen molar-refractivity contribution >= 4 is 18.3 Å². The minimum absolute atomic E-state index is 0. The molecule has 6 heteroatoms. The second-order valence-corrected chi connectivity index (χ2v) is 5.91. The molecular formula is C15H27ClN4O. The molecule has 120 valence electrons. The van der Waals surface area contributed by atoms with Crippen molar-refractivity contribution < 1.29 is 4.79 Å². The lowest BCUT2D eigenvalue weighted by Crippen LogP contribution is -2.39. The zero-order chi connectivity index (χ0) is 14.3. The molecule has 0 spiro atoms. The fourth-order valence-electron chi connectivity index (χ4n) is 3.06. The van der Waals surface area contributed by atoms with Crippen LogP contribution >= 0.6 is 12.4 Å². The Morgan fingerprint density at radius 1 is 1.33 bits per heavy atom. The Labute approximate surface area is 133 Å². The van der Waals surface area contributed by atoms with Crippen LogP contribution in [0.5, 0.6) is 0 Å². The van der Waals surface area contributed by atoms with Crippen molar-refractivity contribution in [2.24, 2.45) is 11.1 Å². The molecule has 5 nitrogen and oxygen atoms in total. The first kappa shape index (κ1) is 18.0. The van der Waals surface area contributed by atoms with Gasteiger partial charge in [-0.3, -0.25) is 9.48 Å². The summed E-state index contributed by atoms with van der Waals surface area (Å²) in [5.74, 6) is 0.151. The van der Waals surface area contributed by atoms with Crippen molar-refractivity contribution in [1.82, 2.24) is 15.1 Å². The minimum Gasteiger partial charge on any atom is -0.356 e. The number of hydrogen-bond acceptors (Lipinski definition) is 3. The average Bonchev–Trinajstić information content (AvgIpc) is 2.98. The normalized spacial score (nSPS) is 17.0. The van der Waals surface area contributed by atoms with Crippen molar-refractivity contribution in [3.63, 3.8) is 0 Å². The summed E-state index contributed by atoms with van der Waals surface area (Å²) in [6.07, 6.45) is 11.1. The number of hydrogen-bond donors (Lipinski definition) is 2. The standard InChI is InChI=1S/C15H26N4O.ClH/c16-13-15(6-2-1-3-7-15)12-14(20)17-8-4-10-19-11-5-9-18-19;/h5,9,11H,1-4,6-8,10,12-13,16H2,(H,17,20);1H. The van der Waals surface area contributed by atoms with Crippen molar-refractivity contribution in [2.75, 3.05) is 13.1 Å². The molecule has 1 aromatic heterocycles. The molecule has 1 aliphatic rings. The van der Waals surface area contributed by atoms with Crippen molar-refractivity contribution in [2.45, 2.75) is 51.5 Å². The Bertz CT molecular complexity index is 402. The number of aryl methyl sites for hydroxylation is 1. The highest BCUT2D eigenvalue weighted by molar-refractivity contribution is 5.85. The highest BCUT2D eigenvalue weighted by Gasteiger charge is 2.32. The summed E-state index contributed by atoms with van der Waals surface area (Å²) in [4.78, 5) is 12.0. The second kappa shape index (κ2) is 9.05. The van der Waals surface area contributed by atoms with Crippen LogP contribution in [-0.2, 0) is 11.3 Å². The Hall–Kier alpha value is -1.07. The van der Waals surface area contributed by atoms with Crippen molar-refractivity contribution in [3.8, 4) is 0 Å². The topological polar surface area (TPSA) is 72.9 Å². The molecule has 0 saturated heterocycles. The summed E-state index contributed by atoms with van der Waals surface area (Å²) in [5, 5.41) is 7.15. The van der Waals surface area contributed by atoms with Crippen LogP contribution in [0, 0.1) is 5.41 Å². The summed E-state index contributed by atoms with van der Waals surface area (Å²) >= 11 is 0. The maximum Gasteiger partial charge on any atom is 0.220 e. The van der Waals surface area contributed by atoms with Crippen molar-refractivity contribution in [1.29, 1.82) is 0 Å². The monoisotopic (exact) mass is 314 g/mol. The highest BCUT2D eigenvalue weighted by Crippen LogP contribution is 2.38. The zero-order valence-electron chi connectivity index (χ0n) is 12.6. The number of nitrogens with one attached hydrogen (secondary N) is 1. The third kappa shape index (κ3) is 5.67. The summed E-state index contributed by atoms with van der Waals surface area (Å²) in [7, 11) is 0. The molecule has 1 aliphatic carbocycles. The lowest BCUT2D eigenvalue weighted by Gasteiger charge is -2.35. The first-order chi connectivity index (χ1) is 9.74. The third-order valence-corrected chi connectivity index (χ3v) is 4.33. The summed E-state index contributed by atoms with van der Waals surface area (Å²) in [6, 6.07) is 1.91. The molecule has 0 radical (unpaired) electrons. The van der Waals surface area contributed by atoms with Crippen LogP contribution in [0.3, 0.4) is 0 Å². The molecule has 3 N–H and O–H groups in total. The number of carbonyl (C=O) groups is 1. The molecule has 2 rings (SSSR count). The Kier molecular flexibility index (Phi) is 7.75. The molecule has 0 bridgehead atoms. The van der Waals surface area contributed by atoms with Gasteiger partial charge in [-0.1, -0.05) is 19.3 Å². The Morgan fingerprint density at radius 3 is 2.71 bits per heavy atom. The van der Waals surface area contributed by atoms with Gasteiger partial charge in [0, 0.05) is 31.9 Å². The SMILES string of the molecule is Cl.NCC1(CC(=O)NCCCn2cccn2)CCCCC1. The maximum atomic E-state index is 12.0. The average molecular weight is 315 g/mol. The van der Waals surface area contributed by atoms with Crippen LogP contribution in [0.1, 0.15) is 44.9 Å². The van der Waals surface area contributed by atoms with Crippen molar-refractivity contribution in [3.05, 3.63) is 18.5 Å². The van der Waals surface area contributed by atoms with Gasteiger partial charge >= 0.3 is 0 Å². The zero-order valence-corrected chi connectivity index (χ0v) is 13.4. The smallest absolute Gasteiger partial charge is 0.220 e. The van der Waals surface area contributed by atoms with E-state index in [0.717, 1.165) is 25.8 Å². The van der Waals surface area contributed by atoms with Gasteiger partial charge in [-0.2, -0.15) is 5.10 Å². The molecular weight excluding hydrogens is 288 g/mol. The first-order valence-electron chi connectivity index (χ1n) is 7.68. The summed E-state index contributed by atoms with van der Waals surface area (Å²) in [6.45, 7) is 2.18. The van der Waals surface area contributed by atoms with Gasteiger partial charge in [-0.25, -0.2) is 0 Å². The van der Waals surface area contributed by atoms with Gasteiger partial charge in [-0.05, 0) is 37.3 Å². The van der Waals surface area contributed by atoms with Gasteiger partial charge in [0.15, 0.2) is 0 Å². The first-order valence-corrected chi connectivity index (χ1v) is 7.68. The van der Waals surface area contributed by atoms with E-state index in [9.17, 15) is 4.79 Å². The van der Waals surface area contributed by atoms with Gasteiger partial charge in [0.2, 0.25) is 5.91 Å². The van der Waals surface area contributed by atoms with E-state index >= 15 is 0 Å². The van der Waals surface area contributed by atoms with E-state index in [1.165, 1.54) is 19.3 Å². The second-order valence-electron chi connectivity index (χ2n) is 5.91. The number of rotatable bonds is 7. The largest absolute Gasteiger partial charge is 0.356 e. The number of nitrogens with two attached hydrogens (primary N) is 1. The fourth-order valence-corrected chi connectivity index (χ4v) is 3.06. The molecule has 1 heterocycles. The number of amides is 1. The molecule has 0 atom stereocenters. The van der Waals surface area contributed by atoms with E-state index in [0.29, 0.717) is 19.5 Å². The van der Waals surface area contributed by atoms with E-state index in [1.807, 2.05) is 16.9 Å². The minimum atomic E-state index is 0. The lowest BCUT2D eigenvalue weighted by molar-refractivity contribution is -0.123. The van der Waals surface area contributed by atoms with E-state index in [-0.39, 0.29) is 23.7 Å². The third-order valence-electron chi connectivity index (χ3n) is 4.33. The van der Waals surface area contributed by atoms with Gasteiger partial charge in [-0.15, -0.1) is 12.4 Å². The van der Waals surface area contributed by atoms with Crippen LogP contribution in [0.25, 0.3) is 0 Å². The van der Waals surface area contributed by atoms with Gasteiger partial charge in [0.25, 0.3) is 0 Å². The van der Waals surface area contributed by atoms with Crippen LogP contribution < -0.4 is 11.1 Å². The lowest BCUT2D eigenvalue weighted by atomic mass is 9.71. The molecule has 1 saturated carbocycles. The number of carbonyl (C=O) groups excluding carboxylic acids is 1. The van der Waals surface area contributed by atoms with Crippen LogP contribution in [0.15, 0.2) is 18.5 Å². The van der Waals surface area contributed by atoms with E-state index in [1.54, 1.807) is 6.20 Å². The Balaban J connectivity index is 0.00000220. The van der Waals surface area contributed by atoms with Crippen LogP contribution in [-0.4, -0.2) is 28.8 Å². The molecule has 1 amide bonds. The van der Waals surface area contributed by atoms with Gasteiger partial charge in [0.05, 0.1) is 0 Å². The number of nitrogens with zero attached hydrogens (tertiary/aromatic N) is 2. The van der Waals surface area contributed by atoms with Crippen LogP contribution in [0.4, 0.5) is 0 Å². The number of aromatic nitrogens is 2. The Morgan fingerprint density at radius 2 is 2.10 bits per heavy atom. The predicted octanol–water partition coefficient (Wildman–Crippen LogP) is 2.11. The molecule has 0 aromatic carbocycles. The van der Waals surface area contributed by atoms with E-state index in [4.69, 9.17) is 5.73 Å². The van der Waals surface area contributed by atoms with Gasteiger partial charge < -0.3 is 11.1 Å². The molecule has 21 heavy (non-hydrogen) atoms. The quantitative estimate of drug-likeness (QED) is 0.757. The highest BCUT2D eigenvalue weighted by atomic mass is 35.5. The molecule has 0 unspecified atom stereocenters. The van der Waals surface area contributed by atoms with E-state index in [2.05, 4.69) is 10.4 Å². The molecule has 1 aromatic rings. The number of halogens is 1. The van der Waals surface area contributed by atoms with E-state index < -0.39 is 0 Å². The predicted molar refractivity (Wildman–Crippen MR) is 86.3 cm³/mol. The maximum absolute atomic E-state index is 12.0. The fraction of sp³-hybridized carbons (Fsp3) is 0.733.